The Balaban J connectivity index is 2.55. The molecule has 2 rings (SSSR count). The van der Waals surface area contributed by atoms with Crippen LogP contribution in [0.15, 0.2) is 36.4 Å². The average Bonchev–Trinajstić information content (AvgIpc) is 2.52. The lowest BCUT2D eigenvalue weighted by atomic mass is 10.0. The first-order valence-electron chi connectivity index (χ1n) is 6.30. The summed E-state index contributed by atoms with van der Waals surface area (Å²) in [4.78, 5) is 0. The molecule has 112 valence electrons. The van der Waals surface area contributed by atoms with E-state index in [1.807, 2.05) is 18.2 Å². The van der Waals surface area contributed by atoms with E-state index in [2.05, 4.69) is 0 Å². The van der Waals surface area contributed by atoms with Gasteiger partial charge >= 0.3 is 0 Å². The highest BCUT2D eigenvalue weighted by Gasteiger charge is 2.22. The van der Waals surface area contributed by atoms with Gasteiger partial charge in [0.05, 0.1) is 32.3 Å². The van der Waals surface area contributed by atoms with Crippen molar-refractivity contribution in [1.82, 2.24) is 0 Å². The summed E-state index contributed by atoms with van der Waals surface area (Å²) in [5, 5.41) is 0.184. The Morgan fingerprint density at radius 2 is 1.52 bits per heavy atom. The van der Waals surface area contributed by atoms with Crippen molar-refractivity contribution in [1.29, 1.82) is 0 Å². The van der Waals surface area contributed by atoms with Crippen LogP contribution in [0.4, 0.5) is 0 Å². The Morgan fingerprint density at radius 1 is 0.905 bits per heavy atom. The molecule has 21 heavy (non-hydrogen) atoms. The quantitative estimate of drug-likeness (QED) is 0.746. The molecule has 1 atom stereocenters. The fourth-order valence-electron chi connectivity index (χ4n) is 2.11. The van der Waals surface area contributed by atoms with E-state index in [9.17, 15) is 0 Å². The first-order valence-corrected chi connectivity index (χ1v) is 7.11. The molecule has 2 aromatic rings. The molecule has 0 spiro atoms. The van der Waals surface area contributed by atoms with Gasteiger partial charge in [0.15, 0.2) is 0 Å². The Labute approximate surface area is 134 Å². The summed E-state index contributed by atoms with van der Waals surface area (Å²) in [6, 6.07) is 10.9. The van der Waals surface area contributed by atoms with Gasteiger partial charge in [0.25, 0.3) is 0 Å². The van der Waals surface area contributed by atoms with Gasteiger partial charge in [-0.1, -0.05) is 23.7 Å². The summed E-state index contributed by atoms with van der Waals surface area (Å²) in [6.07, 6.45) is 0. The first kappa shape index (κ1) is 15.8. The third-order valence-electron chi connectivity index (χ3n) is 3.15. The molecule has 0 saturated carbocycles. The van der Waals surface area contributed by atoms with Crippen molar-refractivity contribution in [2.45, 2.75) is 5.38 Å². The lowest BCUT2D eigenvalue weighted by Crippen LogP contribution is -2.02. The van der Waals surface area contributed by atoms with E-state index in [1.165, 1.54) is 0 Å². The van der Waals surface area contributed by atoms with Crippen molar-refractivity contribution >= 4 is 23.2 Å². The fraction of sp³-hybridized carbons (Fsp3) is 0.250. The van der Waals surface area contributed by atoms with E-state index in [0.29, 0.717) is 22.3 Å². The zero-order valence-electron chi connectivity index (χ0n) is 12.0. The highest BCUT2D eigenvalue weighted by molar-refractivity contribution is 6.31. The van der Waals surface area contributed by atoms with Gasteiger partial charge in [-0.05, 0) is 17.7 Å². The van der Waals surface area contributed by atoms with Crippen molar-refractivity contribution in [3.8, 4) is 17.2 Å². The number of hydrogen-bond acceptors (Lipinski definition) is 3. The molecule has 0 heterocycles. The predicted octanol–water partition coefficient (Wildman–Crippen LogP) is 4.69. The highest BCUT2D eigenvalue weighted by atomic mass is 35.5. The van der Waals surface area contributed by atoms with Crippen LogP contribution in [0.2, 0.25) is 5.02 Å². The van der Waals surface area contributed by atoms with E-state index in [-0.39, 0.29) is 0 Å². The monoisotopic (exact) mass is 326 g/mol. The number of methoxy groups -OCH3 is 3. The van der Waals surface area contributed by atoms with E-state index in [4.69, 9.17) is 37.4 Å². The maximum Gasteiger partial charge on any atom is 0.131 e. The lowest BCUT2D eigenvalue weighted by Gasteiger charge is -2.19. The second-order valence-corrected chi connectivity index (χ2v) is 5.24. The van der Waals surface area contributed by atoms with E-state index >= 15 is 0 Å². The Bertz CT molecular complexity index is 604. The Hall–Kier alpha value is -1.58. The molecule has 5 heteroatoms. The normalized spacial score (nSPS) is 11.9. The van der Waals surface area contributed by atoms with E-state index in [0.717, 1.165) is 11.1 Å². The molecule has 0 aliphatic heterocycles. The maximum atomic E-state index is 6.61. The Morgan fingerprint density at radius 3 is 2.00 bits per heavy atom. The second kappa shape index (κ2) is 6.92. The van der Waals surface area contributed by atoms with Crippen LogP contribution in [-0.4, -0.2) is 21.3 Å². The van der Waals surface area contributed by atoms with E-state index in [1.54, 1.807) is 39.5 Å². The number of ether oxygens (including phenoxy) is 3. The van der Waals surface area contributed by atoms with Crippen molar-refractivity contribution in [2.75, 3.05) is 21.3 Å². The number of hydrogen-bond donors (Lipinski definition) is 0. The molecule has 0 saturated heterocycles. The summed E-state index contributed by atoms with van der Waals surface area (Å²) >= 11 is 12.6. The fourth-order valence-corrected chi connectivity index (χ4v) is 2.66. The van der Waals surface area contributed by atoms with E-state index < -0.39 is 5.38 Å². The third kappa shape index (κ3) is 3.36. The van der Waals surface area contributed by atoms with Crippen molar-refractivity contribution in [3.05, 3.63) is 52.5 Å². The predicted molar refractivity (Wildman–Crippen MR) is 85.2 cm³/mol. The van der Waals surface area contributed by atoms with Gasteiger partial charge in [-0.2, -0.15) is 0 Å². The average molecular weight is 327 g/mol. The molecule has 0 bridgehead atoms. The first-order chi connectivity index (χ1) is 10.1. The van der Waals surface area contributed by atoms with Crippen LogP contribution in [0.25, 0.3) is 0 Å². The number of halogens is 2. The number of rotatable bonds is 5. The van der Waals surface area contributed by atoms with Crippen LogP contribution < -0.4 is 14.2 Å². The highest BCUT2D eigenvalue weighted by Crippen LogP contribution is 2.43. The molecule has 0 aromatic heterocycles. The summed E-state index contributed by atoms with van der Waals surface area (Å²) in [7, 11) is 4.75. The zero-order valence-corrected chi connectivity index (χ0v) is 13.5. The summed E-state index contributed by atoms with van der Waals surface area (Å²) < 4.78 is 16.1. The largest absolute Gasteiger partial charge is 0.496 e. The second-order valence-electron chi connectivity index (χ2n) is 4.36. The van der Waals surface area contributed by atoms with Crippen LogP contribution in [0.3, 0.4) is 0 Å². The molecule has 0 amide bonds. The third-order valence-corrected chi connectivity index (χ3v) is 3.85. The summed E-state index contributed by atoms with van der Waals surface area (Å²) in [6.45, 7) is 0. The number of alkyl halides is 1. The van der Waals surface area contributed by atoms with Gasteiger partial charge in [0.2, 0.25) is 0 Å². The summed E-state index contributed by atoms with van der Waals surface area (Å²) in [5.41, 5.74) is 1.61. The van der Waals surface area contributed by atoms with Gasteiger partial charge < -0.3 is 14.2 Å². The van der Waals surface area contributed by atoms with Crippen molar-refractivity contribution in [3.63, 3.8) is 0 Å². The molecule has 0 aliphatic rings. The molecule has 2 aromatic carbocycles. The van der Waals surface area contributed by atoms with Gasteiger partial charge in [-0.25, -0.2) is 0 Å². The zero-order chi connectivity index (χ0) is 15.4. The van der Waals surface area contributed by atoms with Gasteiger partial charge in [-0.3, -0.25) is 0 Å². The topological polar surface area (TPSA) is 27.7 Å². The van der Waals surface area contributed by atoms with Gasteiger partial charge in [-0.15, -0.1) is 11.6 Å². The van der Waals surface area contributed by atoms with Gasteiger partial charge in [0, 0.05) is 17.2 Å². The molecule has 0 N–H and O–H groups in total. The minimum atomic E-state index is -0.445. The van der Waals surface area contributed by atoms with Crippen LogP contribution in [0, 0.1) is 0 Å². The minimum Gasteiger partial charge on any atom is -0.496 e. The Kier molecular flexibility index (Phi) is 5.21. The summed E-state index contributed by atoms with van der Waals surface area (Å²) in [5.74, 6) is 1.85. The molecule has 1 unspecified atom stereocenters. The molecule has 3 nitrogen and oxygen atoms in total. The molecule has 0 fully saturated rings. The molecular formula is C16H16Cl2O3. The standard InChI is InChI=1S/C16H16Cl2O3/c1-19-12-8-13(20-2)15(14(9-12)21-3)16(18)10-5-4-6-11(17)7-10/h4-9,16H,1-3H3. The minimum absolute atomic E-state index is 0.445. The smallest absolute Gasteiger partial charge is 0.131 e. The SMILES string of the molecule is COc1cc(OC)c(C(Cl)c2cccc(Cl)c2)c(OC)c1. The van der Waals surface area contributed by atoms with Crippen LogP contribution >= 0.6 is 23.2 Å². The lowest BCUT2D eigenvalue weighted by molar-refractivity contribution is 0.369. The van der Waals surface area contributed by atoms with Crippen molar-refractivity contribution in [2.24, 2.45) is 0 Å². The molecular weight excluding hydrogens is 311 g/mol. The van der Waals surface area contributed by atoms with Crippen molar-refractivity contribution < 1.29 is 14.2 Å². The maximum absolute atomic E-state index is 6.61. The van der Waals surface area contributed by atoms with Crippen LogP contribution in [-0.2, 0) is 0 Å². The molecule has 0 aliphatic carbocycles. The van der Waals surface area contributed by atoms with Crippen LogP contribution in [0.1, 0.15) is 16.5 Å². The molecule has 0 radical (unpaired) electrons. The van der Waals surface area contributed by atoms with Crippen LogP contribution in [0.5, 0.6) is 17.2 Å². The number of benzene rings is 2. The van der Waals surface area contributed by atoms with Gasteiger partial charge in [0.1, 0.15) is 17.2 Å².